The number of ether oxygens (including phenoxy) is 1. The molecule has 4 heteroatoms. The maximum atomic E-state index is 11.9. The van der Waals surface area contributed by atoms with Crippen LogP contribution in [0.2, 0.25) is 0 Å². The highest BCUT2D eigenvalue weighted by Gasteiger charge is 2.36. The average molecular weight is 270 g/mol. The molecular weight excluding hydrogens is 240 g/mol. The molecule has 1 aliphatic rings. The van der Waals surface area contributed by atoms with Crippen molar-refractivity contribution >= 4 is 5.97 Å². The molecule has 0 aliphatic heterocycles. The molecule has 4 nitrogen and oxygen atoms in total. The summed E-state index contributed by atoms with van der Waals surface area (Å²) in [5.41, 5.74) is -0.596. The van der Waals surface area contributed by atoms with Gasteiger partial charge in [0, 0.05) is 12.6 Å². The molecule has 1 saturated carbocycles. The summed E-state index contributed by atoms with van der Waals surface area (Å²) < 4.78 is 4.91. The predicted molar refractivity (Wildman–Crippen MR) is 78.1 cm³/mol. The van der Waals surface area contributed by atoms with Crippen molar-refractivity contribution in [2.45, 2.75) is 58.0 Å². The fourth-order valence-electron chi connectivity index (χ4n) is 2.86. The standard InChI is InChI=1S/C15H30N2O2/c1-6-17(11-13-8-7-9-13)12(2)10-15(3,16-4)14(18)19-5/h12-13,16H,6-11H2,1-5H3. The minimum atomic E-state index is -0.596. The van der Waals surface area contributed by atoms with Crippen LogP contribution in [0.1, 0.15) is 46.5 Å². The van der Waals surface area contributed by atoms with E-state index < -0.39 is 5.54 Å². The summed E-state index contributed by atoms with van der Waals surface area (Å²) >= 11 is 0. The number of carbonyl (C=O) groups is 1. The van der Waals surface area contributed by atoms with Crippen LogP contribution in [0.3, 0.4) is 0 Å². The molecule has 2 atom stereocenters. The molecule has 1 fully saturated rings. The molecule has 0 radical (unpaired) electrons. The normalized spacial score (nSPS) is 20.7. The summed E-state index contributed by atoms with van der Waals surface area (Å²) in [5.74, 6) is 0.683. The van der Waals surface area contributed by atoms with Gasteiger partial charge in [-0.2, -0.15) is 0 Å². The molecule has 112 valence electrons. The van der Waals surface area contributed by atoms with Gasteiger partial charge in [-0.25, -0.2) is 0 Å². The number of carbonyl (C=O) groups excluding carboxylic acids is 1. The van der Waals surface area contributed by atoms with Crippen molar-refractivity contribution in [1.29, 1.82) is 0 Å². The van der Waals surface area contributed by atoms with E-state index in [9.17, 15) is 4.79 Å². The molecule has 0 aromatic rings. The first kappa shape index (κ1) is 16.4. The van der Waals surface area contributed by atoms with Gasteiger partial charge in [0.05, 0.1) is 7.11 Å². The Morgan fingerprint density at radius 2 is 2.16 bits per heavy atom. The van der Waals surface area contributed by atoms with E-state index in [1.165, 1.54) is 32.9 Å². The maximum Gasteiger partial charge on any atom is 0.325 e. The van der Waals surface area contributed by atoms with Gasteiger partial charge in [-0.05, 0) is 52.6 Å². The zero-order valence-corrected chi connectivity index (χ0v) is 13.2. The molecule has 0 aromatic carbocycles. The zero-order chi connectivity index (χ0) is 14.5. The average Bonchev–Trinajstić information content (AvgIpc) is 2.36. The van der Waals surface area contributed by atoms with Crippen LogP contribution in [0.25, 0.3) is 0 Å². The Hall–Kier alpha value is -0.610. The number of esters is 1. The third-order valence-corrected chi connectivity index (χ3v) is 4.64. The highest BCUT2D eigenvalue weighted by molar-refractivity contribution is 5.80. The van der Waals surface area contributed by atoms with Gasteiger partial charge in [0.2, 0.25) is 0 Å². The molecule has 0 bridgehead atoms. The molecule has 0 amide bonds. The van der Waals surface area contributed by atoms with Crippen LogP contribution in [0.5, 0.6) is 0 Å². The van der Waals surface area contributed by atoms with Gasteiger partial charge in [0.15, 0.2) is 0 Å². The quantitative estimate of drug-likeness (QED) is 0.685. The van der Waals surface area contributed by atoms with E-state index in [0.29, 0.717) is 6.04 Å². The van der Waals surface area contributed by atoms with Crippen LogP contribution in [-0.2, 0) is 9.53 Å². The maximum absolute atomic E-state index is 11.9. The Labute approximate surface area is 117 Å². The Bertz CT molecular complexity index is 292. The molecule has 0 saturated heterocycles. The molecule has 1 N–H and O–H groups in total. The second-order valence-electron chi connectivity index (χ2n) is 6.01. The van der Waals surface area contributed by atoms with Gasteiger partial charge in [-0.1, -0.05) is 13.3 Å². The van der Waals surface area contributed by atoms with Gasteiger partial charge in [-0.15, -0.1) is 0 Å². The summed E-state index contributed by atoms with van der Waals surface area (Å²) in [7, 11) is 3.28. The second-order valence-corrected chi connectivity index (χ2v) is 6.01. The third kappa shape index (κ3) is 4.18. The first-order chi connectivity index (χ1) is 8.96. The van der Waals surface area contributed by atoms with Crippen molar-refractivity contribution in [3.05, 3.63) is 0 Å². The number of methoxy groups -OCH3 is 1. The lowest BCUT2D eigenvalue weighted by atomic mass is 9.84. The van der Waals surface area contributed by atoms with Gasteiger partial charge in [0.25, 0.3) is 0 Å². The molecule has 2 unspecified atom stereocenters. The van der Waals surface area contributed by atoms with E-state index in [-0.39, 0.29) is 5.97 Å². The van der Waals surface area contributed by atoms with E-state index in [2.05, 4.69) is 24.1 Å². The number of rotatable bonds is 8. The van der Waals surface area contributed by atoms with Gasteiger partial charge < -0.3 is 15.0 Å². The monoisotopic (exact) mass is 270 g/mol. The number of nitrogens with one attached hydrogen (secondary N) is 1. The summed E-state index contributed by atoms with van der Waals surface area (Å²) in [6.45, 7) is 8.54. The zero-order valence-electron chi connectivity index (χ0n) is 13.2. The number of hydrogen-bond acceptors (Lipinski definition) is 4. The van der Waals surface area contributed by atoms with Crippen LogP contribution >= 0.6 is 0 Å². The van der Waals surface area contributed by atoms with Gasteiger partial charge in [-0.3, -0.25) is 4.79 Å². The molecule has 0 heterocycles. The van der Waals surface area contributed by atoms with E-state index in [1.807, 2.05) is 14.0 Å². The Balaban J connectivity index is 2.57. The molecule has 1 rings (SSSR count). The SMILES string of the molecule is CCN(CC1CCC1)C(C)CC(C)(NC)C(=O)OC. The number of likely N-dealkylation sites (N-methyl/N-ethyl adjacent to an activating group) is 1. The van der Waals surface area contributed by atoms with Crippen LogP contribution in [0.4, 0.5) is 0 Å². The summed E-state index contributed by atoms with van der Waals surface area (Å²) in [4.78, 5) is 14.4. The van der Waals surface area contributed by atoms with Crippen molar-refractivity contribution in [2.24, 2.45) is 5.92 Å². The van der Waals surface area contributed by atoms with Crippen molar-refractivity contribution in [3.8, 4) is 0 Å². The largest absolute Gasteiger partial charge is 0.468 e. The molecule has 1 aliphatic carbocycles. The topological polar surface area (TPSA) is 41.6 Å². The van der Waals surface area contributed by atoms with E-state index in [0.717, 1.165) is 18.9 Å². The summed E-state index contributed by atoms with van der Waals surface area (Å²) in [6, 6.07) is 0.377. The predicted octanol–water partition coefficient (Wildman–Crippen LogP) is 2.04. The Morgan fingerprint density at radius 1 is 1.53 bits per heavy atom. The first-order valence-corrected chi connectivity index (χ1v) is 7.48. The highest BCUT2D eigenvalue weighted by Crippen LogP contribution is 2.28. The van der Waals surface area contributed by atoms with Crippen LogP contribution in [0.15, 0.2) is 0 Å². The lowest BCUT2D eigenvalue weighted by Gasteiger charge is -2.38. The fraction of sp³-hybridized carbons (Fsp3) is 0.933. The molecule has 0 aromatic heterocycles. The Kier molecular flexibility index (Phi) is 6.27. The third-order valence-electron chi connectivity index (χ3n) is 4.64. The minimum absolute atomic E-state index is 0.179. The summed E-state index contributed by atoms with van der Waals surface area (Å²) in [5, 5.41) is 3.12. The van der Waals surface area contributed by atoms with Gasteiger partial charge >= 0.3 is 5.97 Å². The van der Waals surface area contributed by atoms with Crippen molar-refractivity contribution in [2.75, 3.05) is 27.2 Å². The number of nitrogens with zero attached hydrogens (tertiary/aromatic N) is 1. The minimum Gasteiger partial charge on any atom is -0.468 e. The van der Waals surface area contributed by atoms with Gasteiger partial charge in [0.1, 0.15) is 5.54 Å². The molecular formula is C15H30N2O2. The lowest BCUT2D eigenvalue weighted by Crippen LogP contribution is -2.53. The van der Waals surface area contributed by atoms with E-state index in [4.69, 9.17) is 4.74 Å². The smallest absolute Gasteiger partial charge is 0.325 e. The Morgan fingerprint density at radius 3 is 2.53 bits per heavy atom. The second kappa shape index (κ2) is 7.25. The molecule has 19 heavy (non-hydrogen) atoms. The van der Waals surface area contributed by atoms with Crippen molar-refractivity contribution in [1.82, 2.24) is 10.2 Å². The summed E-state index contributed by atoms with van der Waals surface area (Å²) in [6.07, 6.45) is 4.89. The highest BCUT2D eigenvalue weighted by atomic mass is 16.5. The van der Waals surface area contributed by atoms with E-state index >= 15 is 0 Å². The first-order valence-electron chi connectivity index (χ1n) is 7.48. The number of hydrogen-bond donors (Lipinski definition) is 1. The molecule has 0 spiro atoms. The van der Waals surface area contributed by atoms with Crippen LogP contribution < -0.4 is 5.32 Å². The van der Waals surface area contributed by atoms with Crippen molar-refractivity contribution in [3.63, 3.8) is 0 Å². The van der Waals surface area contributed by atoms with Crippen molar-refractivity contribution < 1.29 is 9.53 Å². The van der Waals surface area contributed by atoms with Crippen LogP contribution in [0, 0.1) is 5.92 Å². The fourth-order valence-corrected chi connectivity index (χ4v) is 2.86. The van der Waals surface area contributed by atoms with Crippen LogP contribution in [-0.4, -0.2) is 49.7 Å². The van der Waals surface area contributed by atoms with E-state index in [1.54, 1.807) is 0 Å². The lowest BCUT2D eigenvalue weighted by molar-refractivity contribution is -0.148.